The van der Waals surface area contributed by atoms with Crippen LogP contribution in [0, 0.1) is 6.92 Å². The van der Waals surface area contributed by atoms with Gasteiger partial charge >= 0.3 is 11.9 Å². The molecule has 398 valence electrons. The molecule has 1 heterocycles. The second kappa shape index (κ2) is 34.7. The number of para-hydroxylation sites is 1. The van der Waals surface area contributed by atoms with Crippen LogP contribution in [0.15, 0.2) is 79.0 Å². The molecule has 0 radical (unpaired) electrons. The Bertz CT molecular complexity index is 2390. The molecule has 0 aliphatic heterocycles. The largest absolute Gasteiger partial charge is 0.508 e. The number of H-pyrrole nitrogens is 1. The van der Waals surface area contributed by atoms with E-state index in [4.69, 9.17) is 27.4 Å². The van der Waals surface area contributed by atoms with Crippen molar-refractivity contribution in [3.63, 3.8) is 0 Å². The number of hydrogen-bond acceptors (Lipinski definition) is 13. The lowest BCUT2D eigenvalue weighted by atomic mass is 10.0. The van der Waals surface area contributed by atoms with E-state index < -0.39 is 110 Å². The van der Waals surface area contributed by atoms with Crippen LogP contribution in [0.25, 0.3) is 10.9 Å². The standard InChI is InChI=1S/C33H39N9O11.C7H9N.C5H11NO2.C4H10/c34-26(45)13-37-33(53)25(11-30(49)50)42-29(48)16-39-32(52)24(10-19-12-36-22-4-2-1-3-21(19)22)41-28(47)15-38-31(51)23(40-27(46)14-35-17-43)9-18-5-7-20(44)8-6-18;1-6-2-4-7(8)5-3-6;1-2-3-4(6)5(7)8;1-3-4-2/h1-8,12,17,23-25,36,44H,9-11,13-16H2,(H2,34,45)(H,35,43)(H,37,53)(H,38,51)(H,39,52)(H,40,46)(H,41,47)(H,42,48)(H,49,50);2-5H,8H2,1H3;4H,2-3,6H2,1H3,(H,7,8);3-4H2,1-2H3/t23-,24-,25-;;4-;/m0.1./s1. The second-order valence-corrected chi connectivity index (χ2v) is 16.2. The zero-order valence-corrected chi connectivity index (χ0v) is 41.3. The molecule has 0 aliphatic rings. The lowest BCUT2D eigenvalue weighted by Crippen LogP contribution is -2.55. The maximum atomic E-state index is 13.4. The molecule has 17 N–H and O–H groups in total. The minimum Gasteiger partial charge on any atom is -0.508 e. The molecule has 4 atom stereocenters. The number of aromatic hydroxyl groups is 1. The smallest absolute Gasteiger partial charge is 0.320 e. The fraction of sp³-hybridized carbons (Fsp3) is 0.388. The number of amides is 8. The molecule has 0 saturated carbocycles. The Balaban J connectivity index is 0.00000110. The third-order valence-corrected chi connectivity index (χ3v) is 9.93. The summed E-state index contributed by atoms with van der Waals surface area (Å²) in [7, 11) is 0. The number of hydrogen-bond donors (Lipinski definition) is 14. The number of fused-ring (bicyclic) bond motifs is 1. The number of nitrogens with two attached hydrogens (primary N) is 3. The zero-order chi connectivity index (χ0) is 54.9. The predicted octanol–water partition coefficient (Wildman–Crippen LogP) is -0.250. The van der Waals surface area contributed by atoms with Crippen molar-refractivity contribution >= 4 is 76.3 Å². The average Bonchev–Trinajstić information content (AvgIpc) is 3.77. The van der Waals surface area contributed by atoms with Gasteiger partial charge in [-0.15, -0.1) is 0 Å². The molecule has 8 amide bonds. The summed E-state index contributed by atoms with van der Waals surface area (Å²) in [5, 5.41) is 43.8. The van der Waals surface area contributed by atoms with Gasteiger partial charge in [-0.25, -0.2) is 0 Å². The van der Waals surface area contributed by atoms with Crippen molar-refractivity contribution in [1.29, 1.82) is 0 Å². The van der Waals surface area contributed by atoms with E-state index in [1.807, 2.05) is 38.1 Å². The number of carbonyl (C=O) groups is 10. The van der Waals surface area contributed by atoms with Gasteiger partial charge in [0.2, 0.25) is 47.8 Å². The predicted molar refractivity (Wildman–Crippen MR) is 271 cm³/mol. The molecule has 0 bridgehead atoms. The first kappa shape index (κ1) is 62.5. The number of phenols is 1. The number of nitrogens with one attached hydrogen (secondary N) is 8. The molecule has 4 rings (SSSR count). The van der Waals surface area contributed by atoms with E-state index in [9.17, 15) is 53.1 Å². The number of rotatable bonds is 25. The number of aromatic nitrogens is 1. The van der Waals surface area contributed by atoms with Gasteiger partial charge in [0, 0.05) is 35.6 Å². The van der Waals surface area contributed by atoms with Crippen molar-refractivity contribution < 1.29 is 63.3 Å². The van der Waals surface area contributed by atoms with E-state index in [0.717, 1.165) is 23.0 Å². The Hall–Kier alpha value is -8.54. The van der Waals surface area contributed by atoms with E-state index in [2.05, 4.69) is 56.0 Å². The number of nitrogen functional groups attached to an aromatic ring is 1. The number of aryl methyl sites for hydroxylation is 1. The Morgan fingerprint density at radius 2 is 1.16 bits per heavy atom. The molecule has 0 unspecified atom stereocenters. The molecule has 3 aromatic carbocycles. The third kappa shape index (κ3) is 26.9. The Morgan fingerprint density at radius 3 is 1.64 bits per heavy atom. The Morgan fingerprint density at radius 1 is 0.658 bits per heavy atom. The lowest BCUT2D eigenvalue weighted by molar-refractivity contribution is -0.141. The summed E-state index contributed by atoms with van der Waals surface area (Å²) in [5.74, 6) is -8.39. The number of primary amides is 1. The minimum atomic E-state index is -1.61. The number of carbonyl (C=O) groups excluding carboxylic acids is 8. The molecular weight excluding hydrogens is 951 g/mol. The highest BCUT2D eigenvalue weighted by Gasteiger charge is 2.28. The van der Waals surface area contributed by atoms with Gasteiger partial charge in [0.05, 0.1) is 32.6 Å². The fourth-order valence-corrected chi connectivity index (χ4v) is 5.94. The molecule has 1 aromatic heterocycles. The van der Waals surface area contributed by atoms with Crippen molar-refractivity contribution in [2.24, 2.45) is 11.5 Å². The molecule has 24 nitrogen and oxygen atoms in total. The summed E-state index contributed by atoms with van der Waals surface area (Å²) in [6.45, 7) is 5.89. The van der Waals surface area contributed by atoms with Crippen molar-refractivity contribution in [2.45, 2.75) is 96.8 Å². The molecule has 73 heavy (non-hydrogen) atoms. The van der Waals surface area contributed by atoms with Crippen molar-refractivity contribution in [3.8, 4) is 5.75 Å². The molecule has 0 saturated heterocycles. The highest BCUT2D eigenvalue weighted by Crippen LogP contribution is 2.19. The third-order valence-electron chi connectivity index (χ3n) is 9.93. The zero-order valence-electron chi connectivity index (χ0n) is 41.3. The van der Waals surface area contributed by atoms with Crippen LogP contribution in [0.5, 0.6) is 5.75 Å². The van der Waals surface area contributed by atoms with Crippen LogP contribution in [-0.2, 0) is 60.8 Å². The normalized spacial score (nSPS) is 11.7. The van der Waals surface area contributed by atoms with E-state index in [1.54, 1.807) is 30.5 Å². The molecule has 0 aliphatic carbocycles. The number of aliphatic carboxylic acids is 2. The van der Waals surface area contributed by atoms with E-state index in [-0.39, 0.29) is 18.6 Å². The fourth-order valence-electron chi connectivity index (χ4n) is 5.94. The van der Waals surface area contributed by atoms with Gasteiger partial charge in [-0.3, -0.25) is 47.9 Å². The second-order valence-electron chi connectivity index (χ2n) is 16.2. The van der Waals surface area contributed by atoms with Crippen LogP contribution in [0.1, 0.15) is 69.6 Å². The van der Waals surface area contributed by atoms with E-state index in [1.165, 1.54) is 42.7 Å². The lowest BCUT2D eigenvalue weighted by Gasteiger charge is -2.21. The maximum absolute atomic E-state index is 13.4. The number of anilines is 1. The number of benzene rings is 3. The van der Waals surface area contributed by atoms with Crippen LogP contribution in [0.2, 0.25) is 0 Å². The number of unbranched alkanes of at least 4 members (excludes halogenated alkanes) is 1. The van der Waals surface area contributed by atoms with Crippen molar-refractivity contribution in [1.82, 2.24) is 42.2 Å². The molecule has 4 aromatic rings. The first-order valence-electron chi connectivity index (χ1n) is 23.2. The number of aromatic amines is 1. The molecule has 0 fully saturated rings. The van der Waals surface area contributed by atoms with Crippen LogP contribution >= 0.6 is 0 Å². The molecular formula is C49H69N11O13. The molecule has 0 spiro atoms. The summed E-state index contributed by atoms with van der Waals surface area (Å²) in [6.07, 6.45) is 4.99. The van der Waals surface area contributed by atoms with Gasteiger partial charge in [-0.1, -0.05) is 88.1 Å². The summed E-state index contributed by atoms with van der Waals surface area (Å²) in [4.78, 5) is 123. The van der Waals surface area contributed by atoms with Crippen LogP contribution in [0.3, 0.4) is 0 Å². The number of phenolic OH excluding ortho intramolecular Hbond substituents is 1. The quantitative estimate of drug-likeness (QED) is 0.0301. The van der Waals surface area contributed by atoms with Crippen LogP contribution in [0.4, 0.5) is 5.69 Å². The van der Waals surface area contributed by atoms with Crippen LogP contribution < -0.4 is 54.4 Å². The Kier molecular flexibility index (Phi) is 29.7. The van der Waals surface area contributed by atoms with E-state index >= 15 is 0 Å². The summed E-state index contributed by atoms with van der Waals surface area (Å²) in [5.41, 5.74) is 19.5. The summed E-state index contributed by atoms with van der Waals surface area (Å²) < 4.78 is 0. The minimum absolute atomic E-state index is 0.0238. The van der Waals surface area contributed by atoms with Gasteiger partial charge in [0.25, 0.3) is 0 Å². The number of carboxylic acids is 2. The highest BCUT2D eigenvalue weighted by atomic mass is 16.4. The summed E-state index contributed by atoms with van der Waals surface area (Å²) in [6, 6.07) is 15.9. The van der Waals surface area contributed by atoms with Gasteiger partial charge in [-0.05, 0) is 54.8 Å². The molecule has 24 heteroatoms. The maximum Gasteiger partial charge on any atom is 0.320 e. The van der Waals surface area contributed by atoms with Gasteiger partial charge in [-0.2, -0.15) is 0 Å². The Labute approximate surface area is 422 Å². The van der Waals surface area contributed by atoms with Gasteiger partial charge < -0.3 is 74.7 Å². The summed E-state index contributed by atoms with van der Waals surface area (Å²) >= 11 is 0. The first-order valence-corrected chi connectivity index (χ1v) is 23.2. The highest BCUT2D eigenvalue weighted by molar-refractivity contribution is 5.96. The van der Waals surface area contributed by atoms with Crippen molar-refractivity contribution in [3.05, 3.63) is 95.7 Å². The first-order chi connectivity index (χ1) is 34.6. The number of carboxylic acid groups (broad SMARTS) is 2. The monoisotopic (exact) mass is 1020 g/mol. The van der Waals surface area contributed by atoms with E-state index in [0.29, 0.717) is 24.0 Å². The topological polar surface area (TPSA) is 409 Å². The average molecular weight is 1020 g/mol. The SMILES string of the molecule is CCCC.CCC[C@@H](N)C(=O)O.Cc1ccc(N)cc1.NC(=O)CNC(=O)[C@H](CC(=O)O)NC(=O)CNC(=O)[C@H](Cc1c[nH]c2ccccc12)NC(=O)CNC(=O)[C@H](Cc1ccc(O)cc1)NC(=O)CNC=O. The van der Waals surface area contributed by atoms with Gasteiger partial charge in [0.15, 0.2) is 0 Å². The van der Waals surface area contributed by atoms with Gasteiger partial charge in [0.1, 0.15) is 29.9 Å². The van der Waals surface area contributed by atoms with Crippen LogP contribution in [-0.4, -0.2) is 130 Å². The van der Waals surface area contributed by atoms with Crippen molar-refractivity contribution in [2.75, 3.05) is 31.9 Å².